The lowest BCUT2D eigenvalue weighted by atomic mass is 9.75. The van der Waals surface area contributed by atoms with E-state index < -0.39 is 18.4 Å². The molecule has 0 aliphatic rings. The molecule has 2 aromatic rings. The van der Waals surface area contributed by atoms with E-state index in [1.165, 1.54) is 12.3 Å². The molecule has 0 aliphatic carbocycles. The van der Waals surface area contributed by atoms with E-state index in [0.29, 0.717) is 11.1 Å². The number of carboxylic acids is 1. The summed E-state index contributed by atoms with van der Waals surface area (Å²) in [5.41, 5.74) is 3.36. The van der Waals surface area contributed by atoms with Crippen LogP contribution in [0.5, 0.6) is 5.75 Å². The van der Waals surface area contributed by atoms with Crippen LogP contribution in [0.25, 0.3) is 11.1 Å². The molecule has 0 radical (unpaired) electrons. The van der Waals surface area contributed by atoms with E-state index in [9.17, 15) is 14.7 Å². The van der Waals surface area contributed by atoms with Crippen LogP contribution >= 0.6 is 0 Å². The number of benzene rings is 1. The number of pyridine rings is 1. The van der Waals surface area contributed by atoms with Crippen molar-refractivity contribution in [3.05, 3.63) is 35.7 Å². The molecule has 9 heteroatoms. The van der Waals surface area contributed by atoms with E-state index in [1.807, 2.05) is 15.7 Å². The number of carboxylic acid groups (broad SMARTS) is 1. The second-order valence-electron chi connectivity index (χ2n) is 5.25. The van der Waals surface area contributed by atoms with E-state index in [0.717, 1.165) is 16.5 Å². The van der Waals surface area contributed by atoms with Crippen LogP contribution in [-0.4, -0.2) is 49.3 Å². The van der Waals surface area contributed by atoms with Crippen molar-refractivity contribution in [1.29, 1.82) is 5.26 Å². The lowest BCUT2D eigenvalue weighted by Crippen LogP contribution is -2.30. The van der Waals surface area contributed by atoms with Gasteiger partial charge < -0.3 is 15.5 Å². The van der Waals surface area contributed by atoms with E-state index in [4.69, 9.17) is 10.4 Å². The molecule has 118 valence electrons. The number of rotatable bonds is 4. The fourth-order valence-electron chi connectivity index (χ4n) is 2.24. The molecule has 0 saturated carbocycles. The minimum Gasteiger partial charge on any atom is -0.505 e. The van der Waals surface area contributed by atoms with Crippen molar-refractivity contribution in [3.63, 3.8) is 0 Å². The molecule has 7 nitrogen and oxygen atoms in total. The van der Waals surface area contributed by atoms with Crippen LogP contribution in [0.4, 0.5) is 0 Å². The van der Waals surface area contributed by atoms with Gasteiger partial charge in [-0.15, -0.1) is 0 Å². The Balaban J connectivity index is 2.40. The van der Waals surface area contributed by atoms with Gasteiger partial charge in [-0.05, 0) is 17.7 Å². The highest BCUT2D eigenvalue weighted by Gasteiger charge is 2.16. The molecular formula is C15H13B2N3O4. The van der Waals surface area contributed by atoms with Gasteiger partial charge in [0.1, 0.15) is 28.0 Å². The van der Waals surface area contributed by atoms with Gasteiger partial charge in [0.25, 0.3) is 5.91 Å². The standard InChI is InChI=1S/C15H13B2N3O4/c16-10-2-7(4-18)1-9(13(10)17)8-3-11(21)14(19-5-8)15(24)20-6-12(22)23/h1-3,5,21H,6,16-17H2,(H,20,24)(H,22,23). The van der Waals surface area contributed by atoms with E-state index in [2.05, 4.69) is 16.4 Å². The zero-order chi connectivity index (χ0) is 17.9. The third-order valence-corrected chi connectivity index (χ3v) is 3.59. The van der Waals surface area contributed by atoms with Crippen molar-refractivity contribution in [2.75, 3.05) is 6.54 Å². The van der Waals surface area contributed by atoms with Gasteiger partial charge in [-0.2, -0.15) is 5.26 Å². The third kappa shape index (κ3) is 3.55. The lowest BCUT2D eigenvalue weighted by Gasteiger charge is -2.12. The first-order valence-electron chi connectivity index (χ1n) is 7.04. The van der Waals surface area contributed by atoms with E-state index in [-0.39, 0.29) is 11.4 Å². The number of nitrogens with one attached hydrogen (secondary N) is 1. The summed E-state index contributed by atoms with van der Waals surface area (Å²) in [6.07, 6.45) is 1.40. The number of aromatic hydroxyl groups is 1. The van der Waals surface area contributed by atoms with E-state index >= 15 is 0 Å². The fraction of sp³-hybridized carbons (Fsp3) is 0.0667. The summed E-state index contributed by atoms with van der Waals surface area (Å²) >= 11 is 0. The zero-order valence-corrected chi connectivity index (χ0v) is 13.1. The first-order valence-corrected chi connectivity index (χ1v) is 7.04. The minimum atomic E-state index is -1.20. The van der Waals surface area contributed by atoms with Crippen LogP contribution < -0.4 is 16.2 Å². The number of hydrogen-bond donors (Lipinski definition) is 3. The zero-order valence-electron chi connectivity index (χ0n) is 13.1. The van der Waals surface area contributed by atoms with Crippen molar-refractivity contribution in [3.8, 4) is 22.9 Å². The molecule has 3 N–H and O–H groups in total. The summed E-state index contributed by atoms with van der Waals surface area (Å²) < 4.78 is 0. The van der Waals surface area contributed by atoms with Crippen molar-refractivity contribution < 1.29 is 19.8 Å². The SMILES string of the molecule is Bc1cc(C#N)cc(-c2cnc(C(=O)NCC(=O)O)c(O)c2)c1B. The number of carbonyl (C=O) groups is 2. The molecule has 0 spiro atoms. The second-order valence-corrected chi connectivity index (χ2v) is 5.25. The largest absolute Gasteiger partial charge is 0.505 e. The average molecular weight is 321 g/mol. The second kappa shape index (κ2) is 6.87. The van der Waals surface area contributed by atoms with Crippen LogP contribution in [-0.2, 0) is 4.79 Å². The molecule has 0 atom stereocenters. The Morgan fingerprint density at radius 2 is 2.00 bits per heavy atom. The summed E-state index contributed by atoms with van der Waals surface area (Å²) in [6.45, 7) is -0.565. The number of aromatic nitrogens is 1. The van der Waals surface area contributed by atoms with Gasteiger partial charge in [0.15, 0.2) is 5.69 Å². The highest BCUT2D eigenvalue weighted by atomic mass is 16.4. The predicted octanol–water partition coefficient (Wildman–Crippen LogP) is -2.34. The van der Waals surface area contributed by atoms with Crippen LogP contribution in [0.1, 0.15) is 16.1 Å². The first kappa shape index (κ1) is 17.1. The molecule has 0 unspecified atom stereocenters. The Bertz CT molecular complexity index is 878. The number of carbonyl (C=O) groups excluding carboxylic acids is 1. The number of nitriles is 1. The summed E-state index contributed by atoms with van der Waals surface area (Å²) in [7, 11) is 3.76. The minimum absolute atomic E-state index is 0.259. The molecule has 1 heterocycles. The van der Waals surface area contributed by atoms with Gasteiger partial charge in [-0.1, -0.05) is 17.0 Å². The highest BCUT2D eigenvalue weighted by molar-refractivity contribution is 6.50. The van der Waals surface area contributed by atoms with Gasteiger partial charge in [-0.3, -0.25) is 9.59 Å². The quantitative estimate of drug-likeness (QED) is 0.542. The number of aliphatic carboxylic acids is 1. The predicted molar refractivity (Wildman–Crippen MR) is 92.4 cm³/mol. The molecule has 0 bridgehead atoms. The topological polar surface area (TPSA) is 123 Å². The summed E-state index contributed by atoms with van der Waals surface area (Å²) in [5.74, 6) is -2.34. The van der Waals surface area contributed by atoms with Crippen LogP contribution in [0.2, 0.25) is 0 Å². The maximum Gasteiger partial charge on any atom is 0.322 e. The van der Waals surface area contributed by atoms with Crippen LogP contribution in [0.15, 0.2) is 24.4 Å². The Morgan fingerprint density at radius 3 is 2.58 bits per heavy atom. The molecule has 0 aliphatic heterocycles. The smallest absolute Gasteiger partial charge is 0.322 e. The maximum atomic E-state index is 11.8. The number of amides is 1. The molecule has 0 fully saturated rings. The lowest BCUT2D eigenvalue weighted by molar-refractivity contribution is -0.135. The Kier molecular flexibility index (Phi) is 4.90. The van der Waals surface area contributed by atoms with Crippen molar-refractivity contribution >= 4 is 38.5 Å². The number of hydrogen-bond acceptors (Lipinski definition) is 5. The van der Waals surface area contributed by atoms with Gasteiger partial charge in [0, 0.05) is 11.8 Å². The van der Waals surface area contributed by atoms with Gasteiger partial charge >= 0.3 is 5.97 Å². The first-order chi connectivity index (χ1) is 11.3. The van der Waals surface area contributed by atoms with Gasteiger partial charge in [-0.25, -0.2) is 4.98 Å². The van der Waals surface area contributed by atoms with Gasteiger partial charge in [0.2, 0.25) is 0 Å². The third-order valence-electron chi connectivity index (χ3n) is 3.59. The monoisotopic (exact) mass is 321 g/mol. The highest BCUT2D eigenvalue weighted by Crippen LogP contribution is 2.23. The molecule has 1 aromatic carbocycles. The van der Waals surface area contributed by atoms with Crippen molar-refractivity contribution in [2.24, 2.45) is 0 Å². The normalized spacial score (nSPS) is 9.96. The molecule has 1 aromatic heterocycles. The van der Waals surface area contributed by atoms with Crippen LogP contribution in [0.3, 0.4) is 0 Å². The Labute approximate surface area is 139 Å². The van der Waals surface area contributed by atoms with Gasteiger partial charge in [0.05, 0.1) is 11.6 Å². The average Bonchev–Trinajstić information content (AvgIpc) is 2.54. The van der Waals surface area contributed by atoms with E-state index in [1.54, 1.807) is 12.1 Å². The van der Waals surface area contributed by atoms with Crippen molar-refractivity contribution in [2.45, 2.75) is 0 Å². The van der Waals surface area contributed by atoms with Crippen LogP contribution in [0, 0.1) is 11.3 Å². The molecule has 24 heavy (non-hydrogen) atoms. The summed E-state index contributed by atoms with van der Waals surface area (Å²) in [4.78, 5) is 26.2. The molecular weight excluding hydrogens is 308 g/mol. The molecule has 0 saturated heterocycles. The molecule has 2 rings (SSSR count). The summed E-state index contributed by atoms with van der Waals surface area (Å²) in [5, 5.41) is 29.8. The van der Waals surface area contributed by atoms with Crippen molar-refractivity contribution in [1.82, 2.24) is 10.3 Å². The molecule has 1 amide bonds. The number of nitrogens with zero attached hydrogens (tertiary/aromatic N) is 2. The fourth-order valence-corrected chi connectivity index (χ4v) is 2.24. The Morgan fingerprint density at radius 1 is 1.29 bits per heavy atom. The maximum absolute atomic E-state index is 11.8. The Hall–Kier alpha value is -3.27. The summed E-state index contributed by atoms with van der Waals surface area (Å²) in [6, 6.07) is 6.89.